The average molecular weight is 516 g/mol. The topological polar surface area (TPSA) is 83.5 Å². The standard InChI is InChI=1S/C29H39F2N3O3/c1-4-19(5-2)9-21-12-24-26(15-29(7-6-8-29)37-28(24)33-16-21)32-17-27(36)25(34-18(3)35)13-20-10-22(30)14-23(31)11-20/h10-12,14,16,19,25-27,32,36H,4-9,13,15,17H2,1-3H3,(H,34,35)/t25-,26-,27-/m0/s1. The highest BCUT2D eigenvalue weighted by Gasteiger charge is 2.46. The van der Waals surface area contributed by atoms with Crippen LogP contribution in [0, 0.1) is 17.6 Å². The number of amides is 1. The smallest absolute Gasteiger partial charge is 0.218 e. The third-order valence-corrected chi connectivity index (χ3v) is 7.95. The van der Waals surface area contributed by atoms with Crippen LogP contribution in [0.25, 0.3) is 0 Å². The van der Waals surface area contributed by atoms with E-state index in [9.17, 15) is 18.7 Å². The molecule has 0 bridgehead atoms. The zero-order chi connectivity index (χ0) is 26.6. The van der Waals surface area contributed by atoms with Crippen molar-refractivity contribution in [3.05, 3.63) is 58.8 Å². The first-order chi connectivity index (χ1) is 17.7. The van der Waals surface area contributed by atoms with Gasteiger partial charge in [-0.15, -0.1) is 0 Å². The average Bonchev–Trinajstić information content (AvgIpc) is 2.83. The Morgan fingerprint density at radius 1 is 1.14 bits per heavy atom. The van der Waals surface area contributed by atoms with E-state index in [0.717, 1.165) is 56.6 Å². The fourth-order valence-electron chi connectivity index (χ4n) is 5.59. The molecule has 2 heterocycles. The monoisotopic (exact) mass is 515 g/mol. The number of fused-ring (bicyclic) bond motifs is 1. The van der Waals surface area contributed by atoms with Crippen LogP contribution in [-0.2, 0) is 17.6 Å². The summed E-state index contributed by atoms with van der Waals surface area (Å²) < 4.78 is 33.8. The maximum absolute atomic E-state index is 13.7. The third kappa shape index (κ3) is 6.85. The number of nitrogens with one attached hydrogen (secondary N) is 2. The van der Waals surface area contributed by atoms with Gasteiger partial charge in [-0.3, -0.25) is 4.79 Å². The van der Waals surface area contributed by atoms with Crippen molar-refractivity contribution in [2.75, 3.05) is 6.54 Å². The van der Waals surface area contributed by atoms with Crippen molar-refractivity contribution in [1.82, 2.24) is 15.6 Å². The van der Waals surface area contributed by atoms with Gasteiger partial charge in [0.05, 0.1) is 12.1 Å². The molecule has 2 aromatic rings. The number of carbonyl (C=O) groups excluding carboxylic acids is 1. The predicted octanol–water partition coefficient (Wildman–Crippen LogP) is 4.78. The fraction of sp³-hybridized carbons (Fsp3) is 0.586. The number of carbonyl (C=O) groups is 1. The van der Waals surface area contributed by atoms with Crippen molar-refractivity contribution in [2.45, 2.75) is 95.9 Å². The SMILES string of the molecule is CCC(CC)Cc1cnc2c(c1)[C@@H](NC[C@H](O)[C@H](Cc1cc(F)cc(F)c1)NC(C)=O)CC1(CCC1)O2. The summed E-state index contributed by atoms with van der Waals surface area (Å²) in [5, 5.41) is 17.3. The van der Waals surface area contributed by atoms with E-state index in [2.05, 4.69) is 35.5 Å². The number of aliphatic hydroxyl groups is 1. The molecular weight excluding hydrogens is 476 g/mol. The van der Waals surface area contributed by atoms with Crippen molar-refractivity contribution >= 4 is 5.91 Å². The third-order valence-electron chi connectivity index (χ3n) is 7.95. The first-order valence-electron chi connectivity index (χ1n) is 13.5. The van der Waals surface area contributed by atoms with Gasteiger partial charge in [0, 0.05) is 43.8 Å². The lowest BCUT2D eigenvalue weighted by Gasteiger charge is -2.47. The number of hydrogen-bond donors (Lipinski definition) is 3. The molecule has 1 amide bonds. The molecule has 1 aromatic carbocycles. The lowest BCUT2D eigenvalue weighted by Crippen LogP contribution is -2.52. The van der Waals surface area contributed by atoms with E-state index in [0.29, 0.717) is 17.4 Å². The van der Waals surface area contributed by atoms with Crippen LogP contribution in [0.4, 0.5) is 8.78 Å². The molecule has 2 aliphatic rings. The molecule has 37 heavy (non-hydrogen) atoms. The van der Waals surface area contributed by atoms with Gasteiger partial charge in [0.2, 0.25) is 11.8 Å². The number of ether oxygens (including phenoxy) is 1. The molecule has 1 aromatic heterocycles. The van der Waals surface area contributed by atoms with Gasteiger partial charge in [0.1, 0.15) is 17.2 Å². The van der Waals surface area contributed by atoms with Gasteiger partial charge >= 0.3 is 0 Å². The molecule has 0 saturated heterocycles. The summed E-state index contributed by atoms with van der Waals surface area (Å²) in [6, 6.07) is 4.66. The van der Waals surface area contributed by atoms with E-state index in [1.807, 2.05) is 6.20 Å². The molecule has 3 atom stereocenters. The molecule has 202 valence electrons. The number of pyridine rings is 1. The van der Waals surface area contributed by atoms with Crippen molar-refractivity contribution < 1.29 is 23.4 Å². The summed E-state index contributed by atoms with van der Waals surface area (Å²) in [5.41, 5.74) is 2.32. The Balaban J connectivity index is 1.50. The number of nitrogens with zero attached hydrogens (tertiary/aromatic N) is 1. The number of aliphatic hydroxyl groups excluding tert-OH is 1. The highest BCUT2D eigenvalue weighted by Crippen LogP contribution is 2.48. The van der Waals surface area contributed by atoms with E-state index >= 15 is 0 Å². The van der Waals surface area contributed by atoms with Gasteiger partial charge in [-0.05, 0) is 67.3 Å². The summed E-state index contributed by atoms with van der Waals surface area (Å²) in [6.45, 7) is 5.97. The van der Waals surface area contributed by atoms with E-state index < -0.39 is 23.8 Å². The molecule has 1 aliphatic heterocycles. The molecule has 1 spiro atoms. The molecule has 1 saturated carbocycles. The first kappa shape index (κ1) is 27.5. The van der Waals surface area contributed by atoms with Crippen LogP contribution < -0.4 is 15.4 Å². The van der Waals surface area contributed by atoms with Gasteiger partial charge in [0.15, 0.2) is 0 Å². The summed E-state index contributed by atoms with van der Waals surface area (Å²) in [6.07, 6.45) is 8.09. The van der Waals surface area contributed by atoms with E-state index in [-0.39, 0.29) is 30.5 Å². The molecule has 1 fully saturated rings. The highest BCUT2D eigenvalue weighted by molar-refractivity contribution is 5.73. The Morgan fingerprint density at radius 3 is 2.43 bits per heavy atom. The van der Waals surface area contributed by atoms with Crippen LogP contribution in [0.3, 0.4) is 0 Å². The van der Waals surface area contributed by atoms with Crippen LogP contribution in [0.1, 0.15) is 82.0 Å². The largest absolute Gasteiger partial charge is 0.471 e. The summed E-state index contributed by atoms with van der Waals surface area (Å²) in [7, 11) is 0. The number of aromatic nitrogens is 1. The second-order valence-electron chi connectivity index (χ2n) is 10.8. The quantitative estimate of drug-likeness (QED) is 0.401. The zero-order valence-corrected chi connectivity index (χ0v) is 22.0. The Kier molecular flexibility index (Phi) is 8.80. The molecule has 1 aliphatic carbocycles. The zero-order valence-electron chi connectivity index (χ0n) is 22.0. The molecule has 3 N–H and O–H groups in total. The lowest BCUT2D eigenvalue weighted by molar-refractivity contribution is -0.120. The molecule has 0 unspecified atom stereocenters. The minimum atomic E-state index is -0.973. The Hall–Kier alpha value is -2.58. The normalized spacial score (nSPS) is 19.6. The van der Waals surface area contributed by atoms with Gasteiger partial charge < -0.3 is 20.5 Å². The Morgan fingerprint density at radius 2 is 1.84 bits per heavy atom. The van der Waals surface area contributed by atoms with Crippen LogP contribution >= 0.6 is 0 Å². The summed E-state index contributed by atoms with van der Waals surface area (Å²) in [4.78, 5) is 16.5. The minimum Gasteiger partial charge on any atom is -0.471 e. The number of rotatable bonds is 11. The maximum atomic E-state index is 13.7. The minimum absolute atomic E-state index is 0.0579. The predicted molar refractivity (Wildman–Crippen MR) is 138 cm³/mol. The lowest BCUT2D eigenvalue weighted by atomic mass is 9.73. The Labute approximate surface area is 218 Å². The van der Waals surface area contributed by atoms with Gasteiger partial charge in [0.25, 0.3) is 0 Å². The van der Waals surface area contributed by atoms with Crippen LogP contribution in [-0.4, -0.2) is 40.3 Å². The number of halogens is 2. The van der Waals surface area contributed by atoms with Gasteiger partial charge in [-0.2, -0.15) is 0 Å². The van der Waals surface area contributed by atoms with Crippen molar-refractivity contribution in [2.24, 2.45) is 5.92 Å². The second kappa shape index (κ2) is 11.9. The van der Waals surface area contributed by atoms with Crippen LogP contribution in [0.15, 0.2) is 30.5 Å². The van der Waals surface area contributed by atoms with E-state index in [4.69, 9.17) is 4.74 Å². The summed E-state index contributed by atoms with van der Waals surface area (Å²) in [5.74, 6) is -0.446. The van der Waals surface area contributed by atoms with Crippen LogP contribution in [0.5, 0.6) is 5.88 Å². The second-order valence-corrected chi connectivity index (χ2v) is 10.8. The van der Waals surface area contributed by atoms with Crippen molar-refractivity contribution in [1.29, 1.82) is 0 Å². The van der Waals surface area contributed by atoms with Crippen LogP contribution in [0.2, 0.25) is 0 Å². The first-order valence-corrected chi connectivity index (χ1v) is 13.5. The van der Waals surface area contributed by atoms with Crippen molar-refractivity contribution in [3.8, 4) is 5.88 Å². The summed E-state index contributed by atoms with van der Waals surface area (Å²) >= 11 is 0. The molecular formula is C29H39F2N3O3. The highest BCUT2D eigenvalue weighted by atomic mass is 19.1. The molecule has 6 nitrogen and oxygen atoms in total. The Bertz CT molecular complexity index is 1070. The fourth-order valence-corrected chi connectivity index (χ4v) is 5.59. The van der Waals surface area contributed by atoms with Gasteiger partial charge in [-0.25, -0.2) is 13.8 Å². The molecule has 0 radical (unpaired) electrons. The molecule has 8 heteroatoms. The maximum Gasteiger partial charge on any atom is 0.218 e. The van der Waals surface area contributed by atoms with E-state index in [1.54, 1.807) is 0 Å². The number of benzene rings is 1. The molecule has 4 rings (SSSR count). The van der Waals surface area contributed by atoms with E-state index in [1.165, 1.54) is 24.6 Å². The van der Waals surface area contributed by atoms with Crippen molar-refractivity contribution in [3.63, 3.8) is 0 Å². The van der Waals surface area contributed by atoms with Gasteiger partial charge in [-0.1, -0.05) is 26.7 Å². The number of hydrogen-bond acceptors (Lipinski definition) is 5.